The molecule has 0 saturated carbocycles. The first-order chi connectivity index (χ1) is 13.4. The number of aliphatic hydroxyl groups excluding tert-OH is 1. The van der Waals surface area contributed by atoms with Gasteiger partial charge in [0.2, 0.25) is 5.89 Å². The van der Waals surface area contributed by atoms with Crippen molar-refractivity contribution in [3.05, 3.63) is 53.7 Å². The molecule has 1 atom stereocenters. The SMILES string of the molecule is CCNC(=NCc1ncc(C(C)(C)C)o1)NCC(O)COCc1ccccc1.I. The second kappa shape index (κ2) is 12.8. The number of nitrogens with zero attached hydrogens (tertiary/aromatic N) is 2. The summed E-state index contributed by atoms with van der Waals surface area (Å²) in [6, 6.07) is 9.89. The molecule has 8 heteroatoms. The van der Waals surface area contributed by atoms with Crippen LogP contribution >= 0.6 is 24.0 Å². The highest BCUT2D eigenvalue weighted by Crippen LogP contribution is 2.22. The summed E-state index contributed by atoms with van der Waals surface area (Å²) in [5.41, 5.74) is 1.000. The standard InChI is InChI=1S/C21H32N4O3.HI/c1-5-22-20(25-13-19-23-12-18(28-19)21(2,3)4)24-11-17(26)15-27-14-16-9-7-6-8-10-16;/h6-10,12,17,26H,5,11,13-15H2,1-4H3,(H2,22,24,25);1H. The Morgan fingerprint density at radius 2 is 1.97 bits per heavy atom. The molecular weight excluding hydrogens is 483 g/mol. The molecule has 0 aliphatic heterocycles. The van der Waals surface area contributed by atoms with Gasteiger partial charge in [-0.05, 0) is 12.5 Å². The zero-order valence-corrected chi connectivity index (χ0v) is 20.0. The monoisotopic (exact) mass is 516 g/mol. The number of oxazole rings is 1. The number of ether oxygens (including phenoxy) is 1. The van der Waals surface area contributed by atoms with E-state index in [2.05, 4.69) is 41.4 Å². The molecule has 2 rings (SSSR count). The Bertz CT molecular complexity index is 729. The Kier molecular flexibility index (Phi) is 11.2. The highest BCUT2D eigenvalue weighted by molar-refractivity contribution is 14.0. The summed E-state index contributed by atoms with van der Waals surface area (Å²) in [6.07, 6.45) is 1.11. The molecule has 0 saturated heterocycles. The van der Waals surface area contributed by atoms with Gasteiger partial charge in [-0.1, -0.05) is 51.1 Å². The first-order valence-electron chi connectivity index (χ1n) is 9.65. The molecule has 0 fully saturated rings. The lowest BCUT2D eigenvalue weighted by Gasteiger charge is -2.15. The second-order valence-corrected chi connectivity index (χ2v) is 7.60. The maximum Gasteiger partial charge on any atom is 0.216 e. The van der Waals surface area contributed by atoms with E-state index in [-0.39, 0.29) is 36.0 Å². The van der Waals surface area contributed by atoms with E-state index in [0.717, 1.165) is 11.3 Å². The van der Waals surface area contributed by atoms with Gasteiger partial charge in [0, 0.05) is 18.5 Å². The van der Waals surface area contributed by atoms with Gasteiger partial charge >= 0.3 is 0 Å². The first kappa shape index (κ1) is 25.4. The lowest BCUT2D eigenvalue weighted by atomic mass is 9.94. The molecule has 0 aliphatic carbocycles. The van der Waals surface area contributed by atoms with Crippen molar-refractivity contribution in [2.75, 3.05) is 19.7 Å². The highest BCUT2D eigenvalue weighted by Gasteiger charge is 2.19. The molecule has 0 amide bonds. The maximum absolute atomic E-state index is 10.1. The van der Waals surface area contributed by atoms with E-state index in [0.29, 0.717) is 38.1 Å². The average Bonchev–Trinajstić information content (AvgIpc) is 3.14. The molecule has 1 aromatic heterocycles. The fourth-order valence-electron chi connectivity index (χ4n) is 2.38. The van der Waals surface area contributed by atoms with Gasteiger partial charge in [0.1, 0.15) is 12.3 Å². The second-order valence-electron chi connectivity index (χ2n) is 7.60. The third kappa shape index (κ3) is 9.60. The minimum absolute atomic E-state index is 0. The van der Waals surface area contributed by atoms with E-state index < -0.39 is 6.10 Å². The van der Waals surface area contributed by atoms with E-state index in [1.807, 2.05) is 37.3 Å². The van der Waals surface area contributed by atoms with Crippen LogP contribution in [0.1, 0.15) is 44.9 Å². The van der Waals surface area contributed by atoms with Crippen LogP contribution in [0.2, 0.25) is 0 Å². The fraction of sp³-hybridized carbons (Fsp3) is 0.524. The molecule has 1 heterocycles. The summed E-state index contributed by atoms with van der Waals surface area (Å²) >= 11 is 0. The third-order valence-corrected chi connectivity index (χ3v) is 3.94. The van der Waals surface area contributed by atoms with E-state index in [1.54, 1.807) is 6.20 Å². The van der Waals surface area contributed by atoms with Gasteiger partial charge in [0.15, 0.2) is 5.96 Å². The number of nitrogens with one attached hydrogen (secondary N) is 2. The minimum Gasteiger partial charge on any atom is -0.443 e. The Morgan fingerprint density at radius 3 is 2.59 bits per heavy atom. The predicted molar refractivity (Wildman–Crippen MR) is 126 cm³/mol. The number of hydrogen-bond acceptors (Lipinski definition) is 5. The number of guanidine groups is 1. The Hall–Kier alpha value is -1.65. The van der Waals surface area contributed by atoms with Crippen LogP contribution in [0.15, 0.2) is 45.9 Å². The molecule has 0 aliphatic rings. The van der Waals surface area contributed by atoms with Gasteiger partial charge in [-0.3, -0.25) is 0 Å². The van der Waals surface area contributed by atoms with Gasteiger partial charge in [0.05, 0.1) is 25.5 Å². The predicted octanol–water partition coefficient (Wildman–Crippen LogP) is 3.22. The number of aliphatic imine (C=N–C) groups is 1. The molecular formula is C21H33IN4O3. The van der Waals surface area contributed by atoms with Crippen LogP contribution in [0.3, 0.4) is 0 Å². The summed E-state index contributed by atoms with van der Waals surface area (Å²) in [5.74, 6) is 2.00. The number of benzene rings is 1. The first-order valence-corrected chi connectivity index (χ1v) is 9.65. The lowest BCUT2D eigenvalue weighted by molar-refractivity contribution is 0.0308. The van der Waals surface area contributed by atoms with Crippen molar-refractivity contribution in [3.8, 4) is 0 Å². The highest BCUT2D eigenvalue weighted by atomic mass is 127. The van der Waals surface area contributed by atoms with Gasteiger partial charge in [-0.15, -0.1) is 24.0 Å². The maximum atomic E-state index is 10.1. The average molecular weight is 516 g/mol. The minimum atomic E-state index is -0.637. The topological polar surface area (TPSA) is 91.9 Å². The van der Waals surface area contributed by atoms with Crippen molar-refractivity contribution in [1.82, 2.24) is 15.6 Å². The van der Waals surface area contributed by atoms with Gasteiger partial charge in [-0.25, -0.2) is 9.98 Å². The van der Waals surface area contributed by atoms with Gasteiger partial charge in [-0.2, -0.15) is 0 Å². The molecule has 2 aromatic rings. The number of hydrogen-bond donors (Lipinski definition) is 3. The molecule has 0 radical (unpaired) electrons. The van der Waals surface area contributed by atoms with Crippen molar-refractivity contribution < 1.29 is 14.3 Å². The summed E-state index contributed by atoms with van der Waals surface area (Å²) < 4.78 is 11.3. The van der Waals surface area contributed by atoms with Crippen molar-refractivity contribution in [3.63, 3.8) is 0 Å². The summed E-state index contributed by atoms with van der Waals surface area (Å²) in [7, 11) is 0. The molecule has 1 aromatic carbocycles. The fourth-order valence-corrected chi connectivity index (χ4v) is 2.38. The molecule has 1 unspecified atom stereocenters. The molecule has 0 spiro atoms. The Balaban J connectivity index is 0.00000420. The third-order valence-electron chi connectivity index (χ3n) is 3.94. The summed E-state index contributed by atoms with van der Waals surface area (Å²) in [5, 5.41) is 16.4. The lowest BCUT2D eigenvalue weighted by Crippen LogP contribution is -2.42. The molecule has 3 N–H and O–H groups in total. The van der Waals surface area contributed by atoms with E-state index in [9.17, 15) is 5.11 Å². The van der Waals surface area contributed by atoms with Crippen LogP contribution in [-0.4, -0.2) is 41.9 Å². The van der Waals surface area contributed by atoms with Crippen LogP contribution in [-0.2, 0) is 23.3 Å². The van der Waals surface area contributed by atoms with Crippen LogP contribution < -0.4 is 10.6 Å². The normalized spacial score (nSPS) is 12.9. The molecule has 29 heavy (non-hydrogen) atoms. The van der Waals surface area contributed by atoms with Crippen LogP contribution in [0.25, 0.3) is 0 Å². The smallest absolute Gasteiger partial charge is 0.216 e. The zero-order chi connectivity index (χ0) is 20.4. The zero-order valence-electron chi connectivity index (χ0n) is 17.6. The van der Waals surface area contributed by atoms with Crippen molar-refractivity contribution in [2.45, 2.75) is 52.4 Å². The van der Waals surface area contributed by atoms with E-state index in [4.69, 9.17) is 9.15 Å². The van der Waals surface area contributed by atoms with E-state index in [1.165, 1.54) is 0 Å². The van der Waals surface area contributed by atoms with Crippen LogP contribution in [0, 0.1) is 0 Å². The largest absolute Gasteiger partial charge is 0.443 e. The number of aromatic nitrogens is 1. The van der Waals surface area contributed by atoms with Crippen molar-refractivity contribution in [2.24, 2.45) is 4.99 Å². The number of aliphatic hydroxyl groups is 1. The van der Waals surface area contributed by atoms with Gasteiger partial charge in [0.25, 0.3) is 0 Å². The quantitative estimate of drug-likeness (QED) is 0.270. The van der Waals surface area contributed by atoms with Crippen LogP contribution in [0.5, 0.6) is 0 Å². The number of rotatable bonds is 9. The van der Waals surface area contributed by atoms with Crippen molar-refractivity contribution in [1.29, 1.82) is 0 Å². The number of halogens is 1. The van der Waals surface area contributed by atoms with Gasteiger partial charge < -0.3 is 24.9 Å². The summed E-state index contributed by atoms with van der Waals surface area (Å²) in [6.45, 7) is 10.3. The van der Waals surface area contributed by atoms with Crippen molar-refractivity contribution >= 4 is 29.9 Å². The Labute approximate surface area is 190 Å². The summed E-state index contributed by atoms with van der Waals surface area (Å²) in [4.78, 5) is 8.75. The molecule has 7 nitrogen and oxygen atoms in total. The van der Waals surface area contributed by atoms with E-state index >= 15 is 0 Å². The molecule has 0 bridgehead atoms. The molecule has 162 valence electrons. The van der Waals surface area contributed by atoms with Crippen LogP contribution in [0.4, 0.5) is 0 Å². The Morgan fingerprint density at radius 1 is 1.24 bits per heavy atom.